The van der Waals surface area contributed by atoms with Gasteiger partial charge in [0.05, 0.1) is 12.1 Å². The minimum atomic E-state index is 0.0309. The molecule has 0 unspecified atom stereocenters. The molecule has 0 spiro atoms. The Morgan fingerprint density at radius 3 is 3.09 bits per heavy atom. The van der Waals surface area contributed by atoms with Gasteiger partial charge in [-0.15, -0.1) is 0 Å². The SMILES string of the molecule is Cn1cc(CCCNC(=O)[C@H]2CCCc3ccccc32)cn1. The van der Waals surface area contributed by atoms with Crippen molar-refractivity contribution in [3.05, 3.63) is 53.3 Å². The number of benzene rings is 1. The van der Waals surface area contributed by atoms with Gasteiger partial charge in [0.2, 0.25) is 5.91 Å². The summed E-state index contributed by atoms with van der Waals surface area (Å²) in [6, 6.07) is 8.35. The lowest BCUT2D eigenvalue weighted by Gasteiger charge is -2.24. The van der Waals surface area contributed by atoms with E-state index in [9.17, 15) is 4.79 Å². The first kappa shape index (κ1) is 14.8. The van der Waals surface area contributed by atoms with E-state index in [-0.39, 0.29) is 11.8 Å². The molecule has 0 saturated heterocycles. The molecule has 0 fully saturated rings. The van der Waals surface area contributed by atoms with Crippen molar-refractivity contribution in [2.45, 2.75) is 38.0 Å². The van der Waals surface area contributed by atoms with E-state index in [1.165, 1.54) is 16.7 Å². The van der Waals surface area contributed by atoms with Crippen LogP contribution in [0.15, 0.2) is 36.7 Å². The van der Waals surface area contributed by atoms with Gasteiger partial charge in [0.1, 0.15) is 0 Å². The maximum absolute atomic E-state index is 12.4. The number of fused-ring (bicyclic) bond motifs is 1. The van der Waals surface area contributed by atoms with Crippen LogP contribution in [0.4, 0.5) is 0 Å². The molecule has 0 saturated carbocycles. The molecule has 0 bridgehead atoms. The van der Waals surface area contributed by atoms with Gasteiger partial charge >= 0.3 is 0 Å². The first-order chi connectivity index (χ1) is 10.7. The van der Waals surface area contributed by atoms with E-state index >= 15 is 0 Å². The van der Waals surface area contributed by atoms with Crippen molar-refractivity contribution in [1.82, 2.24) is 15.1 Å². The van der Waals surface area contributed by atoms with Gasteiger partial charge in [-0.3, -0.25) is 9.48 Å². The van der Waals surface area contributed by atoms with E-state index in [1.807, 2.05) is 30.2 Å². The summed E-state index contributed by atoms with van der Waals surface area (Å²) in [7, 11) is 1.92. The maximum Gasteiger partial charge on any atom is 0.227 e. The number of aryl methyl sites for hydroxylation is 3. The normalized spacial score (nSPS) is 17.0. The summed E-state index contributed by atoms with van der Waals surface area (Å²) in [4.78, 5) is 12.4. The van der Waals surface area contributed by atoms with Crippen LogP contribution >= 0.6 is 0 Å². The molecule has 2 aromatic rings. The zero-order valence-corrected chi connectivity index (χ0v) is 13.1. The van der Waals surface area contributed by atoms with Crippen LogP contribution in [0, 0.1) is 0 Å². The summed E-state index contributed by atoms with van der Waals surface area (Å²) < 4.78 is 1.81. The van der Waals surface area contributed by atoms with Gasteiger partial charge in [0.15, 0.2) is 0 Å². The van der Waals surface area contributed by atoms with Crippen molar-refractivity contribution in [2.24, 2.45) is 7.05 Å². The van der Waals surface area contributed by atoms with E-state index in [0.29, 0.717) is 0 Å². The quantitative estimate of drug-likeness (QED) is 0.862. The average molecular weight is 297 g/mol. The predicted molar refractivity (Wildman–Crippen MR) is 86.7 cm³/mol. The summed E-state index contributed by atoms with van der Waals surface area (Å²) in [5.41, 5.74) is 3.78. The van der Waals surface area contributed by atoms with Crippen LogP contribution in [0.1, 0.15) is 41.9 Å². The largest absolute Gasteiger partial charge is 0.356 e. The van der Waals surface area contributed by atoms with Gasteiger partial charge in [-0.2, -0.15) is 5.10 Å². The minimum Gasteiger partial charge on any atom is -0.356 e. The third-order valence-corrected chi connectivity index (χ3v) is 4.39. The fourth-order valence-corrected chi connectivity index (χ4v) is 3.25. The molecule has 4 heteroatoms. The highest BCUT2D eigenvalue weighted by atomic mass is 16.1. The van der Waals surface area contributed by atoms with Crippen molar-refractivity contribution in [3.8, 4) is 0 Å². The first-order valence-corrected chi connectivity index (χ1v) is 8.07. The average Bonchev–Trinajstić information content (AvgIpc) is 2.96. The molecule has 1 N–H and O–H groups in total. The van der Waals surface area contributed by atoms with Gasteiger partial charge in [0.25, 0.3) is 0 Å². The van der Waals surface area contributed by atoms with E-state index < -0.39 is 0 Å². The molecular formula is C18H23N3O. The Hall–Kier alpha value is -2.10. The second kappa shape index (κ2) is 6.77. The molecule has 0 aliphatic heterocycles. The number of hydrogen-bond donors (Lipinski definition) is 1. The molecule has 1 atom stereocenters. The predicted octanol–water partition coefficient (Wildman–Crippen LogP) is 2.59. The van der Waals surface area contributed by atoms with E-state index in [2.05, 4.69) is 28.6 Å². The molecule has 1 aromatic carbocycles. The van der Waals surface area contributed by atoms with Gasteiger partial charge in [-0.1, -0.05) is 24.3 Å². The standard InChI is InChI=1S/C18H23N3O/c1-21-13-14(12-20-21)6-5-11-19-18(22)17-10-4-8-15-7-2-3-9-16(15)17/h2-3,7,9,12-13,17H,4-6,8,10-11H2,1H3,(H,19,22)/t17-/m0/s1. The monoisotopic (exact) mass is 297 g/mol. The molecule has 1 aliphatic carbocycles. The van der Waals surface area contributed by atoms with Crippen molar-refractivity contribution < 1.29 is 4.79 Å². The number of hydrogen-bond acceptors (Lipinski definition) is 2. The van der Waals surface area contributed by atoms with Crippen molar-refractivity contribution in [1.29, 1.82) is 0 Å². The Labute approximate surface area is 131 Å². The third-order valence-electron chi connectivity index (χ3n) is 4.39. The summed E-state index contributed by atoms with van der Waals surface area (Å²) in [5, 5.41) is 7.26. The van der Waals surface area contributed by atoms with Gasteiger partial charge < -0.3 is 5.32 Å². The molecule has 1 aliphatic rings. The molecule has 1 aromatic heterocycles. The molecule has 4 nitrogen and oxygen atoms in total. The zero-order valence-electron chi connectivity index (χ0n) is 13.1. The molecule has 0 radical (unpaired) electrons. The smallest absolute Gasteiger partial charge is 0.227 e. The highest BCUT2D eigenvalue weighted by Crippen LogP contribution is 2.31. The molecule has 3 rings (SSSR count). The summed E-state index contributed by atoms with van der Waals surface area (Å²) >= 11 is 0. The Bertz CT molecular complexity index is 647. The van der Waals surface area contributed by atoms with Crippen LogP contribution in [0.25, 0.3) is 0 Å². The summed E-state index contributed by atoms with van der Waals surface area (Å²) in [5.74, 6) is 0.210. The highest BCUT2D eigenvalue weighted by molar-refractivity contribution is 5.84. The van der Waals surface area contributed by atoms with Crippen LogP contribution in [0.3, 0.4) is 0 Å². The number of amides is 1. The second-order valence-electron chi connectivity index (χ2n) is 6.06. The number of rotatable bonds is 5. The number of nitrogens with zero attached hydrogens (tertiary/aromatic N) is 2. The lowest BCUT2D eigenvalue weighted by molar-refractivity contribution is -0.122. The molecule has 116 valence electrons. The molecular weight excluding hydrogens is 274 g/mol. The third kappa shape index (κ3) is 3.38. The van der Waals surface area contributed by atoms with Gasteiger partial charge in [-0.25, -0.2) is 0 Å². The molecule has 1 amide bonds. The van der Waals surface area contributed by atoms with Crippen molar-refractivity contribution in [3.63, 3.8) is 0 Å². The molecule has 1 heterocycles. The number of carbonyl (C=O) groups is 1. The number of nitrogens with one attached hydrogen (secondary N) is 1. The van der Waals surface area contributed by atoms with Crippen LogP contribution in [-0.4, -0.2) is 22.2 Å². The van der Waals surface area contributed by atoms with E-state index in [1.54, 1.807) is 0 Å². The van der Waals surface area contributed by atoms with E-state index in [0.717, 1.165) is 38.6 Å². The Morgan fingerprint density at radius 1 is 1.41 bits per heavy atom. The fraction of sp³-hybridized carbons (Fsp3) is 0.444. The minimum absolute atomic E-state index is 0.0309. The van der Waals surface area contributed by atoms with Crippen LogP contribution in [-0.2, 0) is 24.7 Å². The Morgan fingerprint density at radius 2 is 2.27 bits per heavy atom. The van der Waals surface area contributed by atoms with E-state index in [4.69, 9.17) is 0 Å². The van der Waals surface area contributed by atoms with Crippen LogP contribution in [0.5, 0.6) is 0 Å². The maximum atomic E-state index is 12.4. The van der Waals surface area contributed by atoms with Crippen LogP contribution in [0.2, 0.25) is 0 Å². The highest BCUT2D eigenvalue weighted by Gasteiger charge is 2.25. The Kier molecular flexibility index (Phi) is 4.56. The summed E-state index contributed by atoms with van der Waals surface area (Å²) in [6.07, 6.45) is 8.98. The lowest BCUT2D eigenvalue weighted by Crippen LogP contribution is -2.32. The second-order valence-corrected chi connectivity index (χ2v) is 6.06. The van der Waals surface area contributed by atoms with Crippen LogP contribution < -0.4 is 5.32 Å². The first-order valence-electron chi connectivity index (χ1n) is 8.07. The van der Waals surface area contributed by atoms with Gasteiger partial charge in [0, 0.05) is 19.8 Å². The number of carbonyl (C=O) groups excluding carboxylic acids is 1. The Balaban J connectivity index is 1.50. The van der Waals surface area contributed by atoms with Crippen molar-refractivity contribution in [2.75, 3.05) is 6.54 Å². The zero-order chi connectivity index (χ0) is 15.4. The summed E-state index contributed by atoms with van der Waals surface area (Å²) in [6.45, 7) is 0.729. The number of aromatic nitrogens is 2. The molecule has 22 heavy (non-hydrogen) atoms. The van der Waals surface area contributed by atoms with Gasteiger partial charge in [-0.05, 0) is 48.8 Å². The lowest BCUT2D eigenvalue weighted by atomic mass is 9.82. The van der Waals surface area contributed by atoms with Crippen molar-refractivity contribution >= 4 is 5.91 Å². The fourth-order valence-electron chi connectivity index (χ4n) is 3.25. The topological polar surface area (TPSA) is 46.9 Å².